The van der Waals surface area contributed by atoms with Crippen molar-refractivity contribution < 1.29 is 9.84 Å². The lowest BCUT2D eigenvalue weighted by molar-refractivity contribution is -0.0375. The van der Waals surface area contributed by atoms with E-state index in [0.717, 1.165) is 39.2 Å². The molecule has 1 heterocycles. The average molecular weight is 256 g/mol. The number of nitrogens with one attached hydrogen (secondary N) is 1. The fraction of sp³-hybridized carbons (Fsp3) is 1.00. The Balaban J connectivity index is 1.64. The van der Waals surface area contributed by atoms with Gasteiger partial charge >= 0.3 is 0 Å². The van der Waals surface area contributed by atoms with Crippen molar-refractivity contribution in [1.29, 1.82) is 0 Å². The van der Waals surface area contributed by atoms with Crippen LogP contribution in [0, 0.1) is 5.41 Å². The third kappa shape index (κ3) is 3.92. The Morgan fingerprint density at radius 2 is 2.22 bits per heavy atom. The van der Waals surface area contributed by atoms with E-state index >= 15 is 0 Å². The Kier molecular flexibility index (Phi) is 5.01. The maximum Gasteiger partial charge on any atom is 0.0826 e. The summed E-state index contributed by atoms with van der Waals surface area (Å²) >= 11 is 0. The maximum atomic E-state index is 9.03. The van der Waals surface area contributed by atoms with Crippen molar-refractivity contribution in [2.75, 3.05) is 39.4 Å². The molecule has 106 valence electrons. The van der Waals surface area contributed by atoms with Crippen LogP contribution in [-0.2, 0) is 4.74 Å². The van der Waals surface area contributed by atoms with Crippen molar-refractivity contribution in [3.05, 3.63) is 0 Å². The summed E-state index contributed by atoms with van der Waals surface area (Å²) in [4.78, 5) is 2.48. The number of ether oxygens (including phenoxy) is 1. The van der Waals surface area contributed by atoms with E-state index in [4.69, 9.17) is 9.84 Å². The standard InChI is InChI=1S/C14H28N2O2/c1-12(2)16-6-8-18-13(10-16)9-15-11-14(3-4-14)5-7-17/h12-13,15,17H,3-11H2,1-2H3. The Morgan fingerprint density at radius 3 is 2.83 bits per heavy atom. The van der Waals surface area contributed by atoms with Crippen LogP contribution in [-0.4, -0.2) is 61.5 Å². The summed E-state index contributed by atoms with van der Waals surface area (Å²) < 4.78 is 5.80. The highest BCUT2D eigenvalue weighted by atomic mass is 16.5. The van der Waals surface area contributed by atoms with Gasteiger partial charge in [0, 0.05) is 38.8 Å². The molecule has 1 saturated heterocycles. The van der Waals surface area contributed by atoms with E-state index < -0.39 is 0 Å². The van der Waals surface area contributed by atoms with Crippen molar-refractivity contribution in [2.24, 2.45) is 5.41 Å². The number of aliphatic hydroxyl groups is 1. The van der Waals surface area contributed by atoms with Gasteiger partial charge in [-0.25, -0.2) is 0 Å². The van der Waals surface area contributed by atoms with Crippen LogP contribution in [0.1, 0.15) is 33.1 Å². The van der Waals surface area contributed by atoms with Crippen LogP contribution in [0.2, 0.25) is 0 Å². The minimum atomic E-state index is 0.322. The summed E-state index contributed by atoms with van der Waals surface area (Å²) in [5, 5.41) is 12.6. The van der Waals surface area contributed by atoms with Gasteiger partial charge < -0.3 is 15.2 Å². The van der Waals surface area contributed by atoms with Gasteiger partial charge in [-0.2, -0.15) is 0 Å². The van der Waals surface area contributed by atoms with Crippen LogP contribution in [0.5, 0.6) is 0 Å². The van der Waals surface area contributed by atoms with E-state index in [1.807, 2.05) is 0 Å². The first-order valence-corrected chi connectivity index (χ1v) is 7.32. The molecule has 0 aromatic carbocycles. The van der Waals surface area contributed by atoms with Crippen molar-refractivity contribution >= 4 is 0 Å². The molecule has 2 rings (SSSR count). The normalized spacial score (nSPS) is 27.7. The number of morpholine rings is 1. The highest BCUT2D eigenvalue weighted by molar-refractivity contribution is 4.94. The van der Waals surface area contributed by atoms with Gasteiger partial charge in [0.2, 0.25) is 0 Å². The van der Waals surface area contributed by atoms with Crippen molar-refractivity contribution in [3.8, 4) is 0 Å². The zero-order valence-electron chi connectivity index (χ0n) is 11.8. The minimum Gasteiger partial charge on any atom is -0.396 e. The highest BCUT2D eigenvalue weighted by Crippen LogP contribution is 2.47. The molecule has 0 aromatic heterocycles. The predicted octanol–water partition coefficient (Wildman–Crippen LogP) is 0.848. The molecular weight excluding hydrogens is 228 g/mol. The van der Waals surface area contributed by atoms with Crippen LogP contribution in [0.3, 0.4) is 0 Å². The average Bonchev–Trinajstić information content (AvgIpc) is 3.10. The van der Waals surface area contributed by atoms with E-state index in [2.05, 4.69) is 24.1 Å². The molecule has 18 heavy (non-hydrogen) atoms. The molecule has 0 amide bonds. The number of rotatable bonds is 7. The fourth-order valence-corrected chi connectivity index (χ4v) is 2.76. The molecule has 1 saturated carbocycles. The molecule has 1 aliphatic carbocycles. The summed E-state index contributed by atoms with van der Waals surface area (Å²) in [6.45, 7) is 9.74. The molecular formula is C14H28N2O2. The summed E-state index contributed by atoms with van der Waals surface area (Å²) in [6, 6.07) is 0.612. The number of nitrogens with zero attached hydrogens (tertiary/aromatic N) is 1. The summed E-state index contributed by atoms with van der Waals surface area (Å²) in [5.74, 6) is 0. The lowest BCUT2D eigenvalue weighted by Gasteiger charge is -2.35. The lowest BCUT2D eigenvalue weighted by atomic mass is 10.0. The topological polar surface area (TPSA) is 44.7 Å². The van der Waals surface area contributed by atoms with Crippen LogP contribution in [0.25, 0.3) is 0 Å². The number of hydrogen-bond acceptors (Lipinski definition) is 4. The van der Waals surface area contributed by atoms with Crippen molar-refractivity contribution in [3.63, 3.8) is 0 Å². The van der Waals surface area contributed by atoms with Gasteiger partial charge in [0.05, 0.1) is 12.7 Å². The maximum absolute atomic E-state index is 9.03. The largest absolute Gasteiger partial charge is 0.396 e. The van der Waals surface area contributed by atoms with Gasteiger partial charge in [-0.3, -0.25) is 4.90 Å². The van der Waals surface area contributed by atoms with Gasteiger partial charge in [0.1, 0.15) is 0 Å². The monoisotopic (exact) mass is 256 g/mol. The van der Waals surface area contributed by atoms with Crippen LogP contribution in [0.15, 0.2) is 0 Å². The zero-order chi connectivity index (χ0) is 13.0. The van der Waals surface area contributed by atoms with Crippen LogP contribution >= 0.6 is 0 Å². The third-order valence-electron chi connectivity index (χ3n) is 4.37. The molecule has 0 bridgehead atoms. The lowest BCUT2D eigenvalue weighted by Crippen LogP contribution is -2.49. The molecule has 1 unspecified atom stereocenters. The minimum absolute atomic E-state index is 0.322. The second-order valence-corrected chi connectivity index (χ2v) is 6.19. The Morgan fingerprint density at radius 1 is 1.44 bits per heavy atom. The summed E-state index contributed by atoms with van der Waals surface area (Å²) in [6.07, 6.45) is 3.81. The smallest absolute Gasteiger partial charge is 0.0826 e. The molecule has 2 N–H and O–H groups in total. The second-order valence-electron chi connectivity index (χ2n) is 6.19. The van der Waals surface area contributed by atoms with E-state index in [-0.39, 0.29) is 0 Å². The first kappa shape index (κ1) is 14.3. The second kappa shape index (κ2) is 6.33. The quantitative estimate of drug-likeness (QED) is 0.709. The van der Waals surface area contributed by atoms with E-state index in [9.17, 15) is 0 Å². The molecule has 0 spiro atoms. The van der Waals surface area contributed by atoms with Crippen molar-refractivity contribution in [2.45, 2.75) is 45.3 Å². The molecule has 2 fully saturated rings. The van der Waals surface area contributed by atoms with Gasteiger partial charge in [-0.1, -0.05) is 0 Å². The fourth-order valence-electron chi connectivity index (χ4n) is 2.76. The van der Waals surface area contributed by atoms with E-state index in [1.54, 1.807) is 0 Å². The Hall–Kier alpha value is -0.160. The van der Waals surface area contributed by atoms with Gasteiger partial charge in [-0.05, 0) is 38.5 Å². The molecule has 1 aliphatic heterocycles. The van der Waals surface area contributed by atoms with E-state index in [1.165, 1.54) is 12.8 Å². The van der Waals surface area contributed by atoms with E-state index in [0.29, 0.717) is 24.2 Å². The molecule has 2 aliphatic rings. The first-order valence-electron chi connectivity index (χ1n) is 7.32. The van der Waals surface area contributed by atoms with Gasteiger partial charge in [-0.15, -0.1) is 0 Å². The van der Waals surface area contributed by atoms with Crippen molar-refractivity contribution in [1.82, 2.24) is 10.2 Å². The summed E-state index contributed by atoms with van der Waals surface area (Å²) in [5.41, 5.74) is 0.404. The molecule has 4 heteroatoms. The van der Waals surface area contributed by atoms with Gasteiger partial charge in [0.25, 0.3) is 0 Å². The number of aliphatic hydroxyl groups excluding tert-OH is 1. The first-order chi connectivity index (χ1) is 8.65. The zero-order valence-corrected chi connectivity index (χ0v) is 11.8. The third-order valence-corrected chi connectivity index (χ3v) is 4.37. The predicted molar refractivity (Wildman–Crippen MR) is 72.7 cm³/mol. The molecule has 4 nitrogen and oxygen atoms in total. The number of hydrogen-bond donors (Lipinski definition) is 2. The van der Waals surface area contributed by atoms with Crippen LogP contribution < -0.4 is 5.32 Å². The highest BCUT2D eigenvalue weighted by Gasteiger charge is 2.41. The SMILES string of the molecule is CC(C)N1CCOC(CNCC2(CCO)CC2)C1. The molecule has 1 atom stereocenters. The molecule has 0 aromatic rings. The summed E-state index contributed by atoms with van der Waals surface area (Å²) in [7, 11) is 0. The van der Waals surface area contributed by atoms with Gasteiger partial charge in [0.15, 0.2) is 0 Å². The Bertz CT molecular complexity index is 254. The molecule has 0 radical (unpaired) electrons. The Labute approximate surface area is 111 Å². The van der Waals surface area contributed by atoms with Crippen LogP contribution in [0.4, 0.5) is 0 Å².